The van der Waals surface area contributed by atoms with E-state index in [1.54, 1.807) is 0 Å². The van der Waals surface area contributed by atoms with Crippen molar-refractivity contribution in [3.8, 4) is 0 Å². The normalized spacial score (nSPS) is 19.9. The third-order valence-electron chi connectivity index (χ3n) is 1.65. The minimum Gasteiger partial charge on any atom is -0.388 e. The predicted molar refractivity (Wildman–Crippen MR) is 55.7 cm³/mol. The van der Waals surface area contributed by atoms with Crippen LogP contribution in [0.5, 0.6) is 0 Å². The molecule has 8 nitrogen and oxygen atoms in total. The van der Waals surface area contributed by atoms with Crippen molar-refractivity contribution in [3.05, 3.63) is 0 Å². The van der Waals surface area contributed by atoms with E-state index in [1.165, 1.54) is 0 Å². The number of thiocarbonyl (C=S) groups is 1. The highest BCUT2D eigenvalue weighted by Gasteiger charge is 2.30. The summed E-state index contributed by atoms with van der Waals surface area (Å²) < 4.78 is 14.2. The van der Waals surface area contributed by atoms with Gasteiger partial charge in [0.25, 0.3) is 0 Å². The summed E-state index contributed by atoms with van der Waals surface area (Å²) in [5, 5.41) is 37.3. The molecule has 0 aromatic carbocycles. The number of hydrogen-bond donors (Lipinski definition) is 6. The van der Waals surface area contributed by atoms with Gasteiger partial charge in [-0.2, -0.15) is 0 Å². The third-order valence-corrected chi connectivity index (χ3v) is 2.41. The predicted octanol–water partition coefficient (Wildman–Crippen LogP) is -2.46. The molecule has 4 atom stereocenters. The van der Waals surface area contributed by atoms with Crippen LogP contribution in [0, 0.1) is 0 Å². The lowest BCUT2D eigenvalue weighted by molar-refractivity contribution is -0.0986. The molecule has 96 valence electrons. The van der Waals surface area contributed by atoms with E-state index in [-0.39, 0.29) is 0 Å². The second-order valence-electron chi connectivity index (χ2n) is 2.96. The fraction of sp³-hybridized carbons (Fsp3) is 0.833. The first-order valence-corrected chi connectivity index (χ1v) is 6.07. The number of phosphoric ester groups is 1. The van der Waals surface area contributed by atoms with Crippen LogP contribution < -0.4 is 0 Å². The lowest BCUT2D eigenvalue weighted by atomic mass is 10.0. The number of rotatable bonds is 7. The van der Waals surface area contributed by atoms with Crippen molar-refractivity contribution in [1.82, 2.24) is 0 Å². The number of hydrogen-bond acceptors (Lipinski definition) is 7. The van der Waals surface area contributed by atoms with Gasteiger partial charge in [-0.3, -0.25) is 4.52 Å². The van der Waals surface area contributed by atoms with E-state index in [2.05, 4.69) is 16.7 Å². The van der Waals surface area contributed by atoms with Crippen molar-refractivity contribution in [2.45, 2.75) is 24.4 Å². The average molecular weight is 276 g/mol. The fourth-order valence-corrected chi connectivity index (χ4v) is 1.29. The first-order valence-electron chi connectivity index (χ1n) is 4.06. The molecule has 0 fully saturated rings. The quantitative estimate of drug-likeness (QED) is 0.220. The molecular formula is C6H13O8PS. The van der Waals surface area contributed by atoms with E-state index in [0.717, 1.165) is 5.37 Å². The first kappa shape index (κ1) is 16.0. The highest BCUT2D eigenvalue weighted by atomic mass is 32.1. The van der Waals surface area contributed by atoms with Crippen LogP contribution in [0.25, 0.3) is 0 Å². The van der Waals surface area contributed by atoms with Crippen molar-refractivity contribution in [2.75, 3.05) is 6.61 Å². The molecule has 0 saturated carbocycles. The summed E-state index contributed by atoms with van der Waals surface area (Å²) in [4.78, 5) is 16.6. The Kier molecular flexibility index (Phi) is 6.71. The second-order valence-corrected chi connectivity index (χ2v) is 4.47. The van der Waals surface area contributed by atoms with E-state index in [4.69, 9.17) is 20.0 Å². The van der Waals surface area contributed by atoms with Crippen LogP contribution in [0.15, 0.2) is 0 Å². The number of aliphatic hydroxyl groups is 4. The molecule has 0 rings (SSSR count). The highest BCUT2D eigenvalue weighted by molar-refractivity contribution is 7.79. The molecule has 0 aromatic rings. The van der Waals surface area contributed by atoms with Crippen molar-refractivity contribution >= 4 is 25.4 Å². The van der Waals surface area contributed by atoms with Gasteiger partial charge < -0.3 is 30.2 Å². The van der Waals surface area contributed by atoms with Gasteiger partial charge in [0.05, 0.1) is 6.61 Å². The molecule has 0 heterocycles. The monoisotopic (exact) mass is 276 g/mol. The van der Waals surface area contributed by atoms with Crippen molar-refractivity contribution in [3.63, 3.8) is 0 Å². The van der Waals surface area contributed by atoms with Crippen LogP contribution in [0.2, 0.25) is 0 Å². The Bertz CT molecular complexity index is 267. The molecule has 0 aliphatic rings. The van der Waals surface area contributed by atoms with Gasteiger partial charge in [0, 0.05) is 5.37 Å². The summed E-state index contributed by atoms with van der Waals surface area (Å²) in [6.45, 7) is -0.896. The Hall–Kier alpha value is 0.0400. The molecule has 0 aliphatic heterocycles. The summed E-state index contributed by atoms with van der Waals surface area (Å²) in [6.07, 6.45) is -6.93. The zero-order chi connectivity index (χ0) is 12.9. The van der Waals surface area contributed by atoms with Crippen LogP contribution >= 0.6 is 20.0 Å². The maximum Gasteiger partial charge on any atom is 0.469 e. The van der Waals surface area contributed by atoms with Crippen LogP contribution in [0.3, 0.4) is 0 Å². The van der Waals surface area contributed by atoms with E-state index in [9.17, 15) is 14.8 Å². The van der Waals surface area contributed by atoms with Crippen LogP contribution in [0.4, 0.5) is 0 Å². The summed E-state index contributed by atoms with van der Waals surface area (Å²) >= 11 is 4.30. The molecule has 10 heteroatoms. The zero-order valence-electron chi connectivity index (χ0n) is 7.95. The van der Waals surface area contributed by atoms with E-state index < -0.39 is 38.8 Å². The highest BCUT2D eigenvalue weighted by Crippen LogP contribution is 2.35. The SMILES string of the molecule is O=P(O)(O)OC[C@@H](O)[C@@H](O)[C@H](O)[C@@H](O)C=S. The van der Waals surface area contributed by atoms with Crippen molar-refractivity contribution < 1.29 is 39.3 Å². The van der Waals surface area contributed by atoms with Gasteiger partial charge in [-0.1, -0.05) is 12.2 Å². The topological polar surface area (TPSA) is 148 Å². The van der Waals surface area contributed by atoms with E-state index >= 15 is 0 Å². The van der Waals surface area contributed by atoms with E-state index in [0.29, 0.717) is 0 Å². The smallest absolute Gasteiger partial charge is 0.388 e. The summed E-state index contributed by atoms with van der Waals surface area (Å²) in [7, 11) is -4.76. The number of phosphoric acid groups is 1. The molecule has 6 N–H and O–H groups in total. The maximum absolute atomic E-state index is 10.3. The minimum absolute atomic E-state index is 0.768. The Morgan fingerprint density at radius 2 is 1.69 bits per heavy atom. The van der Waals surface area contributed by atoms with Crippen molar-refractivity contribution in [1.29, 1.82) is 0 Å². The van der Waals surface area contributed by atoms with E-state index in [1.807, 2.05) is 0 Å². The first-order chi connectivity index (χ1) is 7.19. The molecule has 0 radical (unpaired) electrons. The molecular weight excluding hydrogens is 263 g/mol. The Balaban J connectivity index is 4.22. The maximum atomic E-state index is 10.3. The van der Waals surface area contributed by atoms with Gasteiger partial charge in [-0.05, 0) is 0 Å². The largest absolute Gasteiger partial charge is 0.469 e. The van der Waals surface area contributed by atoms with Gasteiger partial charge in [0.1, 0.15) is 24.4 Å². The van der Waals surface area contributed by atoms with Crippen LogP contribution in [0.1, 0.15) is 0 Å². The molecule has 0 spiro atoms. The molecule has 0 amide bonds. The van der Waals surface area contributed by atoms with Crippen LogP contribution in [-0.4, -0.2) is 66.6 Å². The van der Waals surface area contributed by atoms with Gasteiger partial charge in [0.2, 0.25) is 0 Å². The Morgan fingerprint density at radius 1 is 1.19 bits per heavy atom. The minimum atomic E-state index is -4.76. The summed E-state index contributed by atoms with van der Waals surface area (Å²) in [5.74, 6) is 0. The molecule has 0 unspecified atom stereocenters. The lowest BCUT2D eigenvalue weighted by Gasteiger charge is -2.24. The summed E-state index contributed by atoms with van der Waals surface area (Å²) in [5.41, 5.74) is 0. The van der Waals surface area contributed by atoms with Gasteiger partial charge in [-0.15, -0.1) is 0 Å². The third kappa shape index (κ3) is 5.94. The fourth-order valence-electron chi connectivity index (χ4n) is 0.782. The Morgan fingerprint density at radius 3 is 2.06 bits per heavy atom. The van der Waals surface area contributed by atoms with Crippen LogP contribution in [-0.2, 0) is 9.09 Å². The van der Waals surface area contributed by atoms with Gasteiger partial charge >= 0.3 is 7.82 Å². The second kappa shape index (κ2) is 6.70. The summed E-state index contributed by atoms with van der Waals surface area (Å²) in [6, 6.07) is 0. The van der Waals surface area contributed by atoms with Crippen molar-refractivity contribution in [2.24, 2.45) is 0 Å². The Labute approximate surface area is 96.4 Å². The molecule has 0 aliphatic carbocycles. The lowest BCUT2D eigenvalue weighted by Crippen LogP contribution is -2.46. The molecule has 0 aromatic heterocycles. The molecule has 0 saturated heterocycles. The standard InChI is InChI=1S/C6H13O8PS/c7-3(1-14-15(11,12)13)5(9)6(10)4(8)2-16/h2-10H,1H2,(H2,11,12,13)/t3-,4+,5-,6-/m1/s1. The zero-order valence-corrected chi connectivity index (χ0v) is 9.66. The van der Waals surface area contributed by atoms with Gasteiger partial charge in [0.15, 0.2) is 0 Å². The van der Waals surface area contributed by atoms with Gasteiger partial charge in [-0.25, -0.2) is 4.57 Å². The molecule has 0 bridgehead atoms. The number of aliphatic hydroxyl groups excluding tert-OH is 4. The average Bonchev–Trinajstić information content (AvgIpc) is 2.21. The molecule has 16 heavy (non-hydrogen) atoms.